The molecule has 0 aromatic heterocycles. The highest BCUT2D eigenvalue weighted by atomic mass is 79.9. The van der Waals surface area contributed by atoms with Crippen molar-refractivity contribution >= 4 is 15.9 Å². The summed E-state index contributed by atoms with van der Waals surface area (Å²) in [5.41, 5.74) is 8.96. The van der Waals surface area contributed by atoms with Crippen LogP contribution in [-0.2, 0) is 6.42 Å². The molecule has 1 aromatic rings. The fraction of sp³-hybridized carbons (Fsp3) is 0.500. The molecule has 0 spiro atoms. The van der Waals surface area contributed by atoms with Gasteiger partial charge in [-0.15, -0.1) is 0 Å². The minimum Gasteiger partial charge on any atom is -0.324 e. The Balaban J connectivity index is 2.32. The third kappa shape index (κ3) is 2.01. The summed E-state index contributed by atoms with van der Waals surface area (Å²) in [6, 6.07) is 6.72. The standard InChI is InChI=1S/C12H16BrN/c1-2-8-5-6-10(13)7-11(8)12(14)9-3-4-9/h5-7,9,12H,2-4,14H2,1H3. The molecule has 2 N–H and O–H groups in total. The SMILES string of the molecule is CCc1ccc(Br)cc1C(N)C1CC1. The summed E-state index contributed by atoms with van der Waals surface area (Å²) in [4.78, 5) is 0. The molecule has 2 rings (SSSR count). The van der Waals surface area contributed by atoms with E-state index in [0.29, 0.717) is 0 Å². The first-order chi connectivity index (χ1) is 6.72. The van der Waals surface area contributed by atoms with Crippen molar-refractivity contribution in [3.63, 3.8) is 0 Å². The second-order valence-corrected chi connectivity index (χ2v) is 4.98. The van der Waals surface area contributed by atoms with Crippen molar-refractivity contribution in [2.45, 2.75) is 32.2 Å². The van der Waals surface area contributed by atoms with Gasteiger partial charge in [-0.1, -0.05) is 28.9 Å². The highest BCUT2D eigenvalue weighted by molar-refractivity contribution is 9.10. The van der Waals surface area contributed by atoms with Crippen molar-refractivity contribution in [2.75, 3.05) is 0 Å². The van der Waals surface area contributed by atoms with Crippen LogP contribution in [0.25, 0.3) is 0 Å². The molecule has 0 bridgehead atoms. The molecule has 1 aliphatic rings. The van der Waals surface area contributed by atoms with Gasteiger partial charge in [0.2, 0.25) is 0 Å². The van der Waals surface area contributed by atoms with Crippen LogP contribution in [-0.4, -0.2) is 0 Å². The average molecular weight is 254 g/mol. The van der Waals surface area contributed by atoms with Crippen LogP contribution in [0.2, 0.25) is 0 Å². The predicted molar refractivity (Wildman–Crippen MR) is 63.2 cm³/mol. The molecule has 0 amide bonds. The molecule has 0 aliphatic heterocycles. The Kier molecular flexibility index (Phi) is 2.93. The fourth-order valence-corrected chi connectivity index (χ4v) is 2.29. The summed E-state index contributed by atoms with van der Waals surface area (Å²) in [5, 5.41) is 0. The van der Waals surface area contributed by atoms with Gasteiger partial charge in [0.25, 0.3) is 0 Å². The van der Waals surface area contributed by atoms with E-state index in [1.54, 1.807) is 0 Å². The maximum Gasteiger partial charge on any atom is 0.0326 e. The van der Waals surface area contributed by atoms with Crippen LogP contribution >= 0.6 is 15.9 Å². The lowest BCUT2D eigenvalue weighted by Gasteiger charge is -2.15. The Morgan fingerprint density at radius 3 is 2.79 bits per heavy atom. The molecule has 1 aliphatic carbocycles. The predicted octanol–water partition coefficient (Wildman–Crippen LogP) is 3.42. The van der Waals surface area contributed by atoms with Gasteiger partial charge in [0.1, 0.15) is 0 Å². The van der Waals surface area contributed by atoms with Crippen LogP contribution in [0.5, 0.6) is 0 Å². The number of hydrogen-bond donors (Lipinski definition) is 1. The van der Waals surface area contributed by atoms with Crippen molar-refractivity contribution < 1.29 is 0 Å². The van der Waals surface area contributed by atoms with E-state index >= 15 is 0 Å². The molecular formula is C12H16BrN. The fourth-order valence-electron chi connectivity index (χ4n) is 1.91. The third-order valence-corrected chi connectivity index (χ3v) is 3.47. The normalized spacial score (nSPS) is 18.2. The molecule has 1 atom stereocenters. The van der Waals surface area contributed by atoms with E-state index in [4.69, 9.17) is 5.73 Å². The number of aryl methyl sites for hydroxylation is 1. The average Bonchev–Trinajstić information content (AvgIpc) is 3.00. The number of halogens is 1. The highest BCUT2D eigenvalue weighted by Gasteiger charge is 2.30. The number of benzene rings is 1. The minimum atomic E-state index is 0.252. The molecule has 1 aromatic carbocycles. The highest BCUT2D eigenvalue weighted by Crippen LogP contribution is 2.40. The molecule has 1 fully saturated rings. The van der Waals surface area contributed by atoms with Gasteiger partial charge in [0, 0.05) is 10.5 Å². The van der Waals surface area contributed by atoms with Crippen LogP contribution in [0.1, 0.15) is 36.9 Å². The summed E-state index contributed by atoms with van der Waals surface area (Å²) >= 11 is 3.51. The smallest absolute Gasteiger partial charge is 0.0326 e. The van der Waals surface area contributed by atoms with Crippen LogP contribution in [0.3, 0.4) is 0 Å². The van der Waals surface area contributed by atoms with E-state index in [1.165, 1.54) is 24.0 Å². The van der Waals surface area contributed by atoms with E-state index in [0.717, 1.165) is 16.8 Å². The van der Waals surface area contributed by atoms with Gasteiger partial charge in [-0.3, -0.25) is 0 Å². The molecular weight excluding hydrogens is 238 g/mol. The van der Waals surface area contributed by atoms with Gasteiger partial charge in [-0.2, -0.15) is 0 Å². The summed E-state index contributed by atoms with van der Waals surface area (Å²) in [6.07, 6.45) is 3.68. The maximum atomic E-state index is 6.22. The molecule has 1 saturated carbocycles. The zero-order valence-electron chi connectivity index (χ0n) is 8.46. The first kappa shape index (κ1) is 10.2. The van der Waals surface area contributed by atoms with E-state index in [-0.39, 0.29) is 6.04 Å². The summed E-state index contributed by atoms with van der Waals surface area (Å²) in [7, 11) is 0. The number of nitrogens with two attached hydrogens (primary N) is 1. The minimum absolute atomic E-state index is 0.252. The van der Waals surface area contributed by atoms with Crippen LogP contribution in [0, 0.1) is 5.92 Å². The first-order valence-corrected chi connectivity index (χ1v) is 6.05. The van der Waals surface area contributed by atoms with Crippen molar-refractivity contribution in [1.82, 2.24) is 0 Å². The first-order valence-electron chi connectivity index (χ1n) is 5.26. The van der Waals surface area contributed by atoms with Crippen molar-refractivity contribution in [2.24, 2.45) is 11.7 Å². The number of rotatable bonds is 3. The quantitative estimate of drug-likeness (QED) is 0.878. The van der Waals surface area contributed by atoms with Gasteiger partial charge >= 0.3 is 0 Å². The maximum absolute atomic E-state index is 6.22. The van der Waals surface area contributed by atoms with Gasteiger partial charge in [0.15, 0.2) is 0 Å². The molecule has 0 radical (unpaired) electrons. The van der Waals surface area contributed by atoms with Crippen LogP contribution < -0.4 is 5.73 Å². The van der Waals surface area contributed by atoms with Crippen molar-refractivity contribution in [3.8, 4) is 0 Å². The topological polar surface area (TPSA) is 26.0 Å². The Labute approximate surface area is 93.8 Å². The van der Waals surface area contributed by atoms with Crippen molar-refractivity contribution in [1.29, 1.82) is 0 Å². The molecule has 2 heteroatoms. The Bertz CT molecular complexity index is 331. The molecule has 76 valence electrons. The second-order valence-electron chi connectivity index (χ2n) is 4.06. The van der Waals surface area contributed by atoms with Crippen LogP contribution in [0.15, 0.2) is 22.7 Å². The monoisotopic (exact) mass is 253 g/mol. The van der Waals surface area contributed by atoms with Crippen molar-refractivity contribution in [3.05, 3.63) is 33.8 Å². The summed E-state index contributed by atoms with van der Waals surface area (Å²) < 4.78 is 1.14. The second kappa shape index (κ2) is 4.03. The third-order valence-electron chi connectivity index (χ3n) is 2.98. The van der Waals surface area contributed by atoms with E-state index in [1.807, 2.05) is 0 Å². The van der Waals surface area contributed by atoms with E-state index < -0.39 is 0 Å². The Hall–Kier alpha value is -0.340. The number of hydrogen-bond acceptors (Lipinski definition) is 1. The lowest BCUT2D eigenvalue weighted by atomic mass is 9.96. The Morgan fingerprint density at radius 2 is 2.21 bits per heavy atom. The lowest BCUT2D eigenvalue weighted by Crippen LogP contribution is -2.14. The van der Waals surface area contributed by atoms with Gasteiger partial charge in [-0.25, -0.2) is 0 Å². The van der Waals surface area contributed by atoms with E-state index in [9.17, 15) is 0 Å². The molecule has 1 unspecified atom stereocenters. The molecule has 14 heavy (non-hydrogen) atoms. The Morgan fingerprint density at radius 1 is 1.50 bits per heavy atom. The summed E-state index contributed by atoms with van der Waals surface area (Å²) in [5.74, 6) is 0.731. The zero-order valence-corrected chi connectivity index (χ0v) is 10.0. The molecule has 1 nitrogen and oxygen atoms in total. The zero-order chi connectivity index (χ0) is 10.1. The molecule has 0 saturated heterocycles. The van der Waals surface area contributed by atoms with Crippen LogP contribution in [0.4, 0.5) is 0 Å². The molecule has 0 heterocycles. The largest absolute Gasteiger partial charge is 0.324 e. The van der Waals surface area contributed by atoms with Gasteiger partial charge in [0.05, 0.1) is 0 Å². The lowest BCUT2D eigenvalue weighted by molar-refractivity contribution is 0.627. The van der Waals surface area contributed by atoms with E-state index in [2.05, 4.69) is 41.1 Å². The summed E-state index contributed by atoms with van der Waals surface area (Å²) in [6.45, 7) is 2.19. The van der Waals surface area contributed by atoms with Gasteiger partial charge in [-0.05, 0) is 48.4 Å². The van der Waals surface area contributed by atoms with Gasteiger partial charge < -0.3 is 5.73 Å².